The third-order valence-electron chi connectivity index (χ3n) is 7.74. The zero-order valence-corrected chi connectivity index (χ0v) is 22.6. The molecule has 3 heterocycles. The zero-order valence-electron chi connectivity index (χ0n) is 22.6. The van der Waals surface area contributed by atoms with Crippen LogP contribution in [0.5, 0.6) is 0 Å². The lowest BCUT2D eigenvalue weighted by Crippen LogP contribution is -1.95. The van der Waals surface area contributed by atoms with Crippen molar-refractivity contribution >= 4 is 32.7 Å². The van der Waals surface area contributed by atoms with E-state index in [4.69, 9.17) is 15.0 Å². The van der Waals surface area contributed by atoms with Crippen molar-refractivity contribution in [3.63, 3.8) is 0 Å². The molecule has 8 rings (SSSR count). The summed E-state index contributed by atoms with van der Waals surface area (Å²) in [5.41, 5.74) is 10.1. The molecule has 0 aliphatic carbocycles. The minimum absolute atomic E-state index is 0.732. The van der Waals surface area contributed by atoms with Gasteiger partial charge in [0.2, 0.25) is 0 Å². The molecular weight excluding hydrogens is 512 g/mol. The summed E-state index contributed by atoms with van der Waals surface area (Å²) in [6.07, 6.45) is 1.83. The molecular formula is C38H24N4. The van der Waals surface area contributed by atoms with Crippen LogP contribution in [-0.4, -0.2) is 19.9 Å². The van der Waals surface area contributed by atoms with Gasteiger partial charge < -0.3 is 0 Å². The lowest BCUT2D eigenvalue weighted by atomic mass is 9.99. The van der Waals surface area contributed by atoms with Crippen LogP contribution in [0.3, 0.4) is 0 Å². The van der Waals surface area contributed by atoms with E-state index in [9.17, 15) is 0 Å². The quantitative estimate of drug-likeness (QED) is 0.210. The van der Waals surface area contributed by atoms with Crippen LogP contribution in [0.4, 0.5) is 0 Å². The van der Waals surface area contributed by atoms with Crippen LogP contribution in [-0.2, 0) is 0 Å². The van der Waals surface area contributed by atoms with Gasteiger partial charge in [-0.2, -0.15) is 0 Å². The molecule has 42 heavy (non-hydrogen) atoms. The average Bonchev–Trinajstić information content (AvgIpc) is 3.08. The monoisotopic (exact) mass is 536 g/mol. The number of hydrogen-bond acceptors (Lipinski definition) is 4. The fourth-order valence-electron chi connectivity index (χ4n) is 5.55. The topological polar surface area (TPSA) is 51.6 Å². The molecule has 0 unspecified atom stereocenters. The van der Waals surface area contributed by atoms with E-state index >= 15 is 0 Å². The number of rotatable bonds is 4. The molecule has 0 saturated carbocycles. The highest BCUT2D eigenvalue weighted by atomic mass is 14.9. The van der Waals surface area contributed by atoms with Crippen LogP contribution < -0.4 is 0 Å². The van der Waals surface area contributed by atoms with Gasteiger partial charge in [0, 0.05) is 39.0 Å². The van der Waals surface area contributed by atoms with E-state index in [0.29, 0.717) is 0 Å². The Balaban J connectivity index is 1.13. The Labute approximate surface area is 243 Å². The number of fused-ring (bicyclic) bond motifs is 4. The van der Waals surface area contributed by atoms with Crippen molar-refractivity contribution in [1.82, 2.24) is 19.9 Å². The van der Waals surface area contributed by atoms with E-state index in [1.807, 2.05) is 60.8 Å². The minimum atomic E-state index is 0.732. The lowest BCUT2D eigenvalue weighted by Gasteiger charge is -2.10. The van der Waals surface area contributed by atoms with Gasteiger partial charge in [0.05, 0.1) is 27.9 Å². The summed E-state index contributed by atoms with van der Waals surface area (Å²) in [4.78, 5) is 19.4. The van der Waals surface area contributed by atoms with Crippen LogP contribution in [0.15, 0.2) is 146 Å². The molecule has 0 aliphatic rings. The second-order valence-electron chi connectivity index (χ2n) is 10.3. The van der Waals surface area contributed by atoms with Gasteiger partial charge in [-0.15, -0.1) is 0 Å². The number of benzene rings is 5. The first-order valence-electron chi connectivity index (χ1n) is 14.0. The van der Waals surface area contributed by atoms with Crippen molar-refractivity contribution in [3.8, 4) is 45.0 Å². The highest BCUT2D eigenvalue weighted by molar-refractivity contribution is 6.03. The SMILES string of the molecule is c1ccc(-c2nc(-c3ccc(-c4ccc(-c5ccc6ccc7cccnc7c6n5)cc4)cc3)c3ccccc3n2)cc1. The highest BCUT2D eigenvalue weighted by Gasteiger charge is 2.12. The summed E-state index contributed by atoms with van der Waals surface area (Å²) < 4.78 is 0. The third-order valence-corrected chi connectivity index (χ3v) is 7.74. The third kappa shape index (κ3) is 4.27. The summed E-state index contributed by atoms with van der Waals surface area (Å²) in [5.74, 6) is 0.732. The van der Waals surface area contributed by atoms with Gasteiger partial charge in [0.25, 0.3) is 0 Å². The Hall–Kier alpha value is -5.74. The first-order chi connectivity index (χ1) is 20.8. The fraction of sp³-hybridized carbons (Fsp3) is 0. The highest BCUT2D eigenvalue weighted by Crippen LogP contribution is 2.32. The van der Waals surface area contributed by atoms with Crippen molar-refractivity contribution in [3.05, 3.63) is 146 Å². The van der Waals surface area contributed by atoms with Crippen molar-refractivity contribution in [1.29, 1.82) is 0 Å². The maximum absolute atomic E-state index is 5.01. The van der Waals surface area contributed by atoms with Crippen LogP contribution in [0.2, 0.25) is 0 Å². The molecule has 0 saturated heterocycles. The summed E-state index contributed by atoms with van der Waals surface area (Å²) in [5, 5.41) is 3.23. The summed E-state index contributed by atoms with van der Waals surface area (Å²) in [6, 6.07) is 48.0. The summed E-state index contributed by atoms with van der Waals surface area (Å²) in [6.45, 7) is 0. The van der Waals surface area contributed by atoms with Gasteiger partial charge >= 0.3 is 0 Å². The van der Waals surface area contributed by atoms with Gasteiger partial charge in [-0.1, -0.05) is 121 Å². The molecule has 4 heteroatoms. The van der Waals surface area contributed by atoms with Gasteiger partial charge in [0.1, 0.15) is 0 Å². The molecule has 196 valence electrons. The first-order valence-corrected chi connectivity index (χ1v) is 14.0. The second kappa shape index (κ2) is 10.0. The standard InChI is InChI=1S/C38H24N4/c1-2-7-31(8-3-1)38-41-34-11-5-4-10-32(34)35(42-38)29-18-14-26(15-19-29)25-12-16-27(17-13-25)33-23-22-30-21-20-28-9-6-24-39-36(28)37(30)40-33/h1-24H. The maximum Gasteiger partial charge on any atom is 0.160 e. The van der Waals surface area contributed by atoms with Crippen LogP contribution >= 0.6 is 0 Å². The maximum atomic E-state index is 5.01. The molecule has 0 bridgehead atoms. The number of para-hydroxylation sites is 1. The number of nitrogens with zero attached hydrogens (tertiary/aromatic N) is 4. The molecule has 3 aromatic heterocycles. The lowest BCUT2D eigenvalue weighted by molar-refractivity contribution is 1.23. The molecule has 8 aromatic rings. The van der Waals surface area contributed by atoms with Crippen molar-refractivity contribution in [2.45, 2.75) is 0 Å². The van der Waals surface area contributed by atoms with Gasteiger partial charge in [-0.05, 0) is 29.3 Å². The molecule has 0 spiro atoms. The van der Waals surface area contributed by atoms with E-state index in [-0.39, 0.29) is 0 Å². The molecule has 0 fully saturated rings. The van der Waals surface area contributed by atoms with Crippen molar-refractivity contribution in [2.24, 2.45) is 0 Å². The van der Waals surface area contributed by atoms with E-state index in [0.717, 1.165) is 77.7 Å². The molecule has 0 aliphatic heterocycles. The van der Waals surface area contributed by atoms with Gasteiger partial charge in [-0.25, -0.2) is 15.0 Å². The average molecular weight is 537 g/mol. The Bertz CT molecular complexity index is 2220. The van der Waals surface area contributed by atoms with E-state index in [1.54, 1.807) is 0 Å². The van der Waals surface area contributed by atoms with Crippen LogP contribution in [0, 0.1) is 0 Å². The molecule has 4 nitrogen and oxygen atoms in total. The Kier molecular flexibility index (Phi) is 5.75. The molecule has 0 atom stereocenters. The zero-order chi connectivity index (χ0) is 27.9. The number of pyridine rings is 2. The predicted octanol–water partition coefficient (Wildman–Crippen LogP) is 9.39. The summed E-state index contributed by atoms with van der Waals surface area (Å²) in [7, 11) is 0. The Morgan fingerprint density at radius 2 is 1.02 bits per heavy atom. The minimum Gasteiger partial charge on any atom is -0.254 e. The van der Waals surface area contributed by atoms with Crippen molar-refractivity contribution in [2.75, 3.05) is 0 Å². The predicted molar refractivity (Wildman–Crippen MR) is 172 cm³/mol. The largest absolute Gasteiger partial charge is 0.254 e. The molecule has 5 aromatic carbocycles. The fourth-order valence-corrected chi connectivity index (χ4v) is 5.55. The second-order valence-corrected chi connectivity index (χ2v) is 10.3. The smallest absolute Gasteiger partial charge is 0.160 e. The number of aromatic nitrogens is 4. The van der Waals surface area contributed by atoms with E-state index in [2.05, 4.69) is 89.9 Å². The molecule has 0 amide bonds. The van der Waals surface area contributed by atoms with E-state index < -0.39 is 0 Å². The molecule has 0 radical (unpaired) electrons. The molecule has 0 N–H and O–H groups in total. The van der Waals surface area contributed by atoms with Gasteiger partial charge in [-0.3, -0.25) is 4.98 Å². The number of hydrogen-bond donors (Lipinski definition) is 0. The summed E-state index contributed by atoms with van der Waals surface area (Å²) >= 11 is 0. The normalized spacial score (nSPS) is 11.3. The van der Waals surface area contributed by atoms with Crippen molar-refractivity contribution < 1.29 is 0 Å². The van der Waals surface area contributed by atoms with Crippen LogP contribution in [0.25, 0.3) is 77.7 Å². The van der Waals surface area contributed by atoms with E-state index in [1.165, 1.54) is 0 Å². The van der Waals surface area contributed by atoms with Crippen LogP contribution in [0.1, 0.15) is 0 Å². The van der Waals surface area contributed by atoms with Gasteiger partial charge in [0.15, 0.2) is 5.82 Å². The Morgan fingerprint density at radius 3 is 1.81 bits per heavy atom. The first kappa shape index (κ1) is 24.1. The Morgan fingerprint density at radius 1 is 0.381 bits per heavy atom.